The van der Waals surface area contributed by atoms with Crippen molar-refractivity contribution in [3.63, 3.8) is 0 Å². The molecule has 1 aromatic heterocycles. The van der Waals surface area contributed by atoms with Gasteiger partial charge in [-0.3, -0.25) is 9.59 Å². The fourth-order valence-corrected chi connectivity index (χ4v) is 3.34. The summed E-state index contributed by atoms with van der Waals surface area (Å²) in [6.07, 6.45) is 2.00. The number of aryl methyl sites for hydroxylation is 1. The van der Waals surface area contributed by atoms with E-state index in [9.17, 15) is 9.59 Å². The first-order valence-corrected chi connectivity index (χ1v) is 8.74. The van der Waals surface area contributed by atoms with Crippen molar-refractivity contribution in [3.8, 4) is 0 Å². The molecule has 6 nitrogen and oxygen atoms in total. The number of amides is 2. The highest BCUT2D eigenvalue weighted by Crippen LogP contribution is 2.27. The van der Waals surface area contributed by atoms with Gasteiger partial charge >= 0.3 is 0 Å². The van der Waals surface area contributed by atoms with E-state index in [-0.39, 0.29) is 11.8 Å². The van der Waals surface area contributed by atoms with Crippen LogP contribution in [0.2, 0.25) is 0 Å². The Labute approximate surface area is 144 Å². The van der Waals surface area contributed by atoms with E-state index in [2.05, 4.69) is 21.6 Å². The Morgan fingerprint density at radius 2 is 2.04 bits per heavy atom. The zero-order chi connectivity index (χ0) is 16.9. The van der Waals surface area contributed by atoms with Crippen LogP contribution in [0, 0.1) is 0 Å². The van der Waals surface area contributed by atoms with Crippen LogP contribution in [0.3, 0.4) is 0 Å². The molecule has 0 saturated heterocycles. The highest BCUT2D eigenvalue weighted by atomic mass is 32.2. The zero-order valence-corrected chi connectivity index (χ0v) is 14.2. The molecule has 0 spiro atoms. The second kappa shape index (κ2) is 7.44. The predicted octanol–water partition coefficient (Wildman–Crippen LogP) is 2.51. The van der Waals surface area contributed by atoms with Crippen LogP contribution in [-0.4, -0.2) is 34.3 Å². The Kier molecular flexibility index (Phi) is 5.10. The number of hydrogen-bond acceptors (Lipinski definition) is 5. The van der Waals surface area contributed by atoms with Crippen molar-refractivity contribution in [2.45, 2.75) is 24.8 Å². The number of carbonyl (C=O) groups excluding carboxylic acids is 2. The average Bonchev–Trinajstić information content (AvgIpc) is 2.60. The second-order valence-corrected chi connectivity index (χ2v) is 6.50. The summed E-state index contributed by atoms with van der Waals surface area (Å²) >= 11 is 1.35. The molecule has 2 aromatic rings. The minimum Gasteiger partial charge on any atom is -0.311 e. The number of para-hydroxylation sites is 1. The molecule has 1 aromatic carbocycles. The van der Waals surface area contributed by atoms with Gasteiger partial charge in [0, 0.05) is 19.2 Å². The molecule has 1 N–H and O–H groups in total. The van der Waals surface area contributed by atoms with Gasteiger partial charge in [-0.15, -0.1) is 10.2 Å². The lowest BCUT2D eigenvalue weighted by Gasteiger charge is -2.29. The molecule has 3 rings (SSSR count). The fraction of sp³-hybridized carbons (Fsp3) is 0.294. The summed E-state index contributed by atoms with van der Waals surface area (Å²) in [5, 5.41) is 11.2. The second-order valence-electron chi connectivity index (χ2n) is 5.50. The lowest BCUT2D eigenvalue weighted by atomic mass is 10.0. The number of aromatic nitrogens is 2. The maximum Gasteiger partial charge on any atom is 0.237 e. The first kappa shape index (κ1) is 16.4. The third-order valence-electron chi connectivity index (χ3n) is 3.70. The van der Waals surface area contributed by atoms with E-state index in [0.29, 0.717) is 16.6 Å². The number of benzene rings is 1. The summed E-state index contributed by atoms with van der Waals surface area (Å²) in [6.45, 7) is 2.17. The van der Waals surface area contributed by atoms with Crippen LogP contribution >= 0.6 is 11.8 Å². The lowest BCUT2D eigenvalue weighted by molar-refractivity contribution is -0.116. The van der Waals surface area contributed by atoms with Crippen molar-refractivity contribution in [2.24, 2.45) is 0 Å². The molecule has 0 saturated carbocycles. The van der Waals surface area contributed by atoms with E-state index in [1.54, 1.807) is 12.1 Å². The molecule has 1 aliphatic rings. The number of nitrogens with one attached hydrogen (secondary N) is 1. The molecule has 2 amide bonds. The highest BCUT2D eigenvalue weighted by molar-refractivity contribution is 7.99. The van der Waals surface area contributed by atoms with Gasteiger partial charge < -0.3 is 10.2 Å². The zero-order valence-electron chi connectivity index (χ0n) is 13.4. The van der Waals surface area contributed by atoms with Crippen LogP contribution in [0.25, 0.3) is 0 Å². The quantitative estimate of drug-likeness (QED) is 0.864. The molecule has 7 heteroatoms. The largest absolute Gasteiger partial charge is 0.311 e. The van der Waals surface area contributed by atoms with Crippen LogP contribution in [0.5, 0.6) is 0 Å². The van der Waals surface area contributed by atoms with E-state index < -0.39 is 0 Å². The molecule has 0 atom stereocenters. The molecule has 0 unspecified atom stereocenters. The number of hydrogen-bond donors (Lipinski definition) is 1. The van der Waals surface area contributed by atoms with Crippen molar-refractivity contribution in [1.29, 1.82) is 0 Å². The third kappa shape index (κ3) is 3.91. The number of carbonyl (C=O) groups is 2. The molecule has 0 bridgehead atoms. The minimum absolute atomic E-state index is 0.0693. The van der Waals surface area contributed by atoms with Gasteiger partial charge in [0.1, 0.15) is 5.03 Å². The van der Waals surface area contributed by atoms with Gasteiger partial charge in [-0.25, -0.2) is 0 Å². The standard InChI is InChI=1S/C17H18N4O2S/c1-12(22)18-15-8-9-16(20-19-15)24-11-17(23)21-10-4-6-13-5-2-3-7-14(13)21/h2-3,5,7-9H,4,6,10-11H2,1H3,(H,18,19,22). The van der Waals surface area contributed by atoms with Crippen molar-refractivity contribution < 1.29 is 9.59 Å². The Bertz CT molecular complexity index is 749. The van der Waals surface area contributed by atoms with E-state index in [1.807, 2.05) is 23.1 Å². The van der Waals surface area contributed by atoms with Gasteiger partial charge in [0.05, 0.1) is 5.75 Å². The normalized spacial score (nSPS) is 13.3. The molecule has 24 heavy (non-hydrogen) atoms. The summed E-state index contributed by atoms with van der Waals surface area (Å²) in [6, 6.07) is 11.5. The Morgan fingerprint density at radius 1 is 1.21 bits per heavy atom. The fourth-order valence-electron chi connectivity index (χ4n) is 2.65. The van der Waals surface area contributed by atoms with Gasteiger partial charge in [0.25, 0.3) is 0 Å². The summed E-state index contributed by atoms with van der Waals surface area (Å²) in [7, 11) is 0. The maximum atomic E-state index is 12.5. The molecule has 0 radical (unpaired) electrons. The first-order chi connectivity index (χ1) is 11.6. The summed E-state index contributed by atoms with van der Waals surface area (Å²) in [4.78, 5) is 25.4. The summed E-state index contributed by atoms with van der Waals surface area (Å²) in [5.74, 6) is 0.592. The first-order valence-electron chi connectivity index (χ1n) is 7.76. The Balaban J connectivity index is 1.61. The third-order valence-corrected chi connectivity index (χ3v) is 4.60. The molecule has 0 aliphatic carbocycles. The Morgan fingerprint density at radius 3 is 2.79 bits per heavy atom. The molecular weight excluding hydrogens is 324 g/mol. The number of nitrogens with zero attached hydrogens (tertiary/aromatic N) is 3. The van der Waals surface area contributed by atoms with E-state index >= 15 is 0 Å². The Hall–Kier alpha value is -2.41. The predicted molar refractivity (Wildman–Crippen MR) is 94.2 cm³/mol. The van der Waals surface area contributed by atoms with Gasteiger partial charge in [0.15, 0.2) is 5.82 Å². The van der Waals surface area contributed by atoms with Crippen LogP contribution in [0.4, 0.5) is 11.5 Å². The minimum atomic E-state index is -0.191. The molecule has 2 heterocycles. The number of anilines is 2. The van der Waals surface area contributed by atoms with Crippen molar-refractivity contribution in [2.75, 3.05) is 22.5 Å². The monoisotopic (exact) mass is 342 g/mol. The number of thioether (sulfide) groups is 1. The van der Waals surface area contributed by atoms with Crippen LogP contribution in [0.15, 0.2) is 41.4 Å². The number of fused-ring (bicyclic) bond motifs is 1. The number of rotatable bonds is 4. The van der Waals surface area contributed by atoms with Gasteiger partial charge in [0.2, 0.25) is 11.8 Å². The van der Waals surface area contributed by atoms with E-state index in [1.165, 1.54) is 24.2 Å². The van der Waals surface area contributed by atoms with Crippen LogP contribution < -0.4 is 10.2 Å². The van der Waals surface area contributed by atoms with Crippen molar-refractivity contribution in [1.82, 2.24) is 10.2 Å². The van der Waals surface area contributed by atoms with E-state index in [0.717, 1.165) is 25.1 Å². The topological polar surface area (TPSA) is 75.2 Å². The summed E-state index contributed by atoms with van der Waals surface area (Å²) < 4.78 is 0. The van der Waals surface area contributed by atoms with Crippen molar-refractivity contribution in [3.05, 3.63) is 42.0 Å². The van der Waals surface area contributed by atoms with Gasteiger partial charge in [-0.05, 0) is 36.6 Å². The molecule has 1 aliphatic heterocycles. The smallest absolute Gasteiger partial charge is 0.237 e. The van der Waals surface area contributed by atoms with Crippen LogP contribution in [-0.2, 0) is 16.0 Å². The van der Waals surface area contributed by atoms with Crippen LogP contribution in [0.1, 0.15) is 18.9 Å². The lowest BCUT2D eigenvalue weighted by Crippen LogP contribution is -2.36. The van der Waals surface area contributed by atoms with E-state index in [4.69, 9.17) is 0 Å². The molecule has 0 fully saturated rings. The average molecular weight is 342 g/mol. The van der Waals surface area contributed by atoms with Gasteiger partial charge in [-0.2, -0.15) is 0 Å². The van der Waals surface area contributed by atoms with Gasteiger partial charge in [-0.1, -0.05) is 30.0 Å². The molecule has 124 valence electrons. The van der Waals surface area contributed by atoms with Crippen molar-refractivity contribution >= 4 is 35.1 Å². The molecular formula is C17H18N4O2S. The SMILES string of the molecule is CC(=O)Nc1ccc(SCC(=O)N2CCCc3ccccc32)nn1. The highest BCUT2D eigenvalue weighted by Gasteiger charge is 2.22. The maximum absolute atomic E-state index is 12.5. The summed E-state index contributed by atoms with van der Waals surface area (Å²) in [5.41, 5.74) is 2.24.